The Morgan fingerprint density at radius 1 is 1.36 bits per heavy atom. The highest BCUT2D eigenvalue weighted by Crippen LogP contribution is 2.37. The van der Waals surface area contributed by atoms with Gasteiger partial charge in [-0.25, -0.2) is 0 Å². The van der Waals surface area contributed by atoms with Crippen LogP contribution in [-0.4, -0.2) is 19.6 Å². The number of nitrogens with zero attached hydrogens (tertiary/aromatic N) is 1. The molecule has 0 saturated heterocycles. The van der Waals surface area contributed by atoms with E-state index in [1.165, 1.54) is 25.7 Å². The molecular weight excluding hydrogens is 138 g/mol. The van der Waals surface area contributed by atoms with Gasteiger partial charge in [-0.2, -0.15) is 0 Å². The third-order valence-electron chi connectivity index (χ3n) is 2.95. The molecule has 2 nitrogen and oxygen atoms in total. The minimum atomic E-state index is 0.675. The maximum absolute atomic E-state index is 5.26. The number of aliphatic imine (C=N–C) groups is 1. The molecule has 0 aromatic rings. The van der Waals surface area contributed by atoms with Gasteiger partial charge in [0.05, 0.1) is 7.11 Å². The fourth-order valence-corrected chi connectivity index (χ4v) is 2.38. The summed E-state index contributed by atoms with van der Waals surface area (Å²) < 4.78 is 5.26. The van der Waals surface area contributed by atoms with Crippen LogP contribution in [0, 0.1) is 11.8 Å². The smallest absolute Gasteiger partial charge is 0.186 e. The van der Waals surface area contributed by atoms with Crippen molar-refractivity contribution >= 4 is 5.90 Å². The number of methoxy groups -OCH3 is 1. The highest BCUT2D eigenvalue weighted by Gasteiger charge is 2.33. The van der Waals surface area contributed by atoms with Gasteiger partial charge in [0.15, 0.2) is 5.90 Å². The molecule has 2 atom stereocenters. The summed E-state index contributed by atoms with van der Waals surface area (Å²) in [7, 11) is 1.75. The number of rotatable bonds is 0. The SMILES string of the molecule is COC1=NCCC2CCCC12. The average Bonchev–Trinajstić information content (AvgIpc) is 2.50. The highest BCUT2D eigenvalue weighted by molar-refractivity contribution is 5.79. The summed E-state index contributed by atoms with van der Waals surface area (Å²) >= 11 is 0. The Labute approximate surface area is 67.7 Å². The summed E-state index contributed by atoms with van der Waals surface area (Å²) in [6.45, 7) is 0.990. The maximum atomic E-state index is 5.26. The summed E-state index contributed by atoms with van der Waals surface area (Å²) in [6, 6.07) is 0. The summed E-state index contributed by atoms with van der Waals surface area (Å²) in [4.78, 5) is 4.39. The van der Waals surface area contributed by atoms with Crippen molar-refractivity contribution in [3.05, 3.63) is 0 Å². The van der Waals surface area contributed by atoms with E-state index < -0.39 is 0 Å². The van der Waals surface area contributed by atoms with Gasteiger partial charge in [-0.15, -0.1) is 0 Å². The van der Waals surface area contributed by atoms with Crippen LogP contribution in [0.3, 0.4) is 0 Å². The van der Waals surface area contributed by atoms with Crippen molar-refractivity contribution < 1.29 is 4.74 Å². The van der Waals surface area contributed by atoms with Gasteiger partial charge in [0.25, 0.3) is 0 Å². The first-order valence-electron chi connectivity index (χ1n) is 4.50. The van der Waals surface area contributed by atoms with Crippen LogP contribution in [0.5, 0.6) is 0 Å². The molecule has 0 aromatic carbocycles. The molecule has 0 bridgehead atoms. The molecule has 0 aromatic heterocycles. The summed E-state index contributed by atoms with van der Waals surface area (Å²) in [5.41, 5.74) is 0. The zero-order valence-corrected chi connectivity index (χ0v) is 7.05. The molecule has 1 heterocycles. The highest BCUT2D eigenvalue weighted by atomic mass is 16.5. The molecule has 2 unspecified atom stereocenters. The van der Waals surface area contributed by atoms with E-state index in [0.29, 0.717) is 5.92 Å². The summed E-state index contributed by atoms with van der Waals surface area (Å²) in [5, 5.41) is 0. The fraction of sp³-hybridized carbons (Fsp3) is 0.889. The van der Waals surface area contributed by atoms with Crippen LogP contribution in [0.15, 0.2) is 4.99 Å². The van der Waals surface area contributed by atoms with Crippen molar-refractivity contribution in [1.29, 1.82) is 0 Å². The predicted octanol–water partition coefficient (Wildman–Crippen LogP) is 1.85. The third kappa shape index (κ3) is 1.15. The lowest BCUT2D eigenvalue weighted by molar-refractivity contribution is 0.312. The average molecular weight is 153 g/mol. The van der Waals surface area contributed by atoms with Crippen molar-refractivity contribution in [3.8, 4) is 0 Å². The molecule has 2 heteroatoms. The van der Waals surface area contributed by atoms with E-state index in [1.54, 1.807) is 7.11 Å². The molecule has 2 aliphatic rings. The lowest BCUT2D eigenvalue weighted by Crippen LogP contribution is -2.25. The summed E-state index contributed by atoms with van der Waals surface area (Å²) in [6.07, 6.45) is 5.36. The van der Waals surface area contributed by atoms with Crippen LogP contribution >= 0.6 is 0 Å². The van der Waals surface area contributed by atoms with Crippen molar-refractivity contribution in [2.45, 2.75) is 25.7 Å². The molecular formula is C9H15NO. The quantitative estimate of drug-likeness (QED) is 0.520. The van der Waals surface area contributed by atoms with Crippen molar-refractivity contribution in [3.63, 3.8) is 0 Å². The van der Waals surface area contributed by atoms with E-state index in [4.69, 9.17) is 4.74 Å². The maximum Gasteiger partial charge on any atom is 0.186 e. The van der Waals surface area contributed by atoms with Crippen LogP contribution in [-0.2, 0) is 4.74 Å². The second-order valence-electron chi connectivity index (χ2n) is 3.51. The lowest BCUT2D eigenvalue weighted by atomic mass is 9.90. The molecule has 0 spiro atoms. The van der Waals surface area contributed by atoms with Gasteiger partial charge in [0, 0.05) is 12.5 Å². The molecule has 0 radical (unpaired) electrons. The first kappa shape index (κ1) is 7.14. The van der Waals surface area contributed by atoms with Crippen LogP contribution in [0.4, 0.5) is 0 Å². The molecule has 2 rings (SSSR count). The Bertz CT molecular complexity index is 176. The second kappa shape index (κ2) is 2.84. The van der Waals surface area contributed by atoms with E-state index in [-0.39, 0.29) is 0 Å². The van der Waals surface area contributed by atoms with Gasteiger partial charge in [-0.1, -0.05) is 6.42 Å². The van der Waals surface area contributed by atoms with Gasteiger partial charge in [-0.05, 0) is 25.2 Å². The number of hydrogen-bond acceptors (Lipinski definition) is 2. The molecule has 0 amide bonds. The normalized spacial score (nSPS) is 36.3. The minimum Gasteiger partial charge on any atom is -0.484 e. The topological polar surface area (TPSA) is 21.6 Å². The lowest BCUT2D eigenvalue weighted by Gasteiger charge is -2.23. The third-order valence-corrected chi connectivity index (χ3v) is 2.95. The second-order valence-corrected chi connectivity index (χ2v) is 3.51. The fourth-order valence-electron chi connectivity index (χ4n) is 2.38. The molecule has 1 saturated carbocycles. The Morgan fingerprint density at radius 3 is 3.09 bits per heavy atom. The molecule has 62 valence electrons. The van der Waals surface area contributed by atoms with Crippen LogP contribution in [0.2, 0.25) is 0 Å². The van der Waals surface area contributed by atoms with Crippen molar-refractivity contribution in [2.24, 2.45) is 16.8 Å². The van der Waals surface area contributed by atoms with Crippen molar-refractivity contribution in [2.75, 3.05) is 13.7 Å². The number of fused-ring (bicyclic) bond motifs is 1. The first-order valence-corrected chi connectivity index (χ1v) is 4.50. The van der Waals surface area contributed by atoms with Crippen molar-refractivity contribution in [1.82, 2.24) is 0 Å². The monoisotopic (exact) mass is 153 g/mol. The van der Waals surface area contributed by atoms with Gasteiger partial charge in [-0.3, -0.25) is 4.99 Å². The number of ether oxygens (including phenoxy) is 1. The standard InChI is InChI=1S/C9H15NO/c1-11-9-8-4-2-3-7(8)5-6-10-9/h7-8H,2-6H2,1H3. The van der Waals surface area contributed by atoms with E-state index >= 15 is 0 Å². The Morgan fingerprint density at radius 2 is 2.27 bits per heavy atom. The first-order chi connectivity index (χ1) is 5.42. The van der Waals surface area contributed by atoms with E-state index in [9.17, 15) is 0 Å². The van der Waals surface area contributed by atoms with Gasteiger partial charge >= 0.3 is 0 Å². The van der Waals surface area contributed by atoms with Gasteiger partial charge < -0.3 is 4.74 Å². The van der Waals surface area contributed by atoms with Crippen LogP contribution in [0.25, 0.3) is 0 Å². The van der Waals surface area contributed by atoms with Crippen LogP contribution in [0.1, 0.15) is 25.7 Å². The molecule has 1 fully saturated rings. The minimum absolute atomic E-state index is 0.675. The van der Waals surface area contributed by atoms with E-state index in [2.05, 4.69) is 4.99 Å². The van der Waals surface area contributed by atoms with Crippen LogP contribution < -0.4 is 0 Å². The van der Waals surface area contributed by atoms with Gasteiger partial charge in [0.2, 0.25) is 0 Å². The Hall–Kier alpha value is -0.530. The summed E-state index contributed by atoms with van der Waals surface area (Å²) in [5.74, 6) is 2.59. The number of hydrogen-bond donors (Lipinski definition) is 0. The van der Waals surface area contributed by atoms with E-state index in [1.807, 2.05) is 0 Å². The molecule has 11 heavy (non-hydrogen) atoms. The van der Waals surface area contributed by atoms with E-state index in [0.717, 1.165) is 18.4 Å². The Balaban J connectivity index is 2.13. The molecule has 1 aliphatic heterocycles. The molecule has 1 aliphatic carbocycles. The van der Waals surface area contributed by atoms with Gasteiger partial charge in [0.1, 0.15) is 0 Å². The predicted molar refractivity (Wildman–Crippen MR) is 44.8 cm³/mol. The zero-order chi connectivity index (χ0) is 7.68. The largest absolute Gasteiger partial charge is 0.484 e. The molecule has 0 N–H and O–H groups in total. The zero-order valence-electron chi connectivity index (χ0n) is 7.05. The Kier molecular flexibility index (Phi) is 1.84.